The van der Waals surface area contributed by atoms with E-state index in [9.17, 15) is 5.26 Å². The van der Waals surface area contributed by atoms with Crippen LogP contribution < -0.4 is 0 Å². The van der Waals surface area contributed by atoms with Gasteiger partial charge in [0, 0.05) is 0 Å². The van der Waals surface area contributed by atoms with E-state index in [0.717, 1.165) is 43.0 Å². The highest BCUT2D eigenvalue weighted by molar-refractivity contribution is 6.73. The second kappa shape index (κ2) is 6.91. The van der Waals surface area contributed by atoms with Crippen LogP contribution in [-0.4, -0.2) is 8.32 Å². The van der Waals surface area contributed by atoms with Crippen LogP contribution in [0.4, 0.5) is 0 Å². The lowest BCUT2D eigenvalue weighted by Crippen LogP contribution is -2.56. The third-order valence-corrected chi connectivity index (χ3v) is 10.4. The van der Waals surface area contributed by atoms with Crippen molar-refractivity contribution in [3.05, 3.63) is 35.9 Å². The molecule has 0 spiro atoms. The zero-order valence-electron chi connectivity index (χ0n) is 14.6. The number of nitrogens with zero attached hydrogens (tertiary/aromatic N) is 1. The molecule has 0 heterocycles. The number of terminal acetylenes is 1. The van der Waals surface area contributed by atoms with Gasteiger partial charge in [0.1, 0.15) is 5.41 Å². The van der Waals surface area contributed by atoms with Crippen molar-refractivity contribution in [2.45, 2.75) is 63.8 Å². The number of hydrogen-bond acceptors (Lipinski definition) is 2. The predicted molar refractivity (Wildman–Crippen MR) is 97.1 cm³/mol. The molecule has 0 bridgehead atoms. The zero-order chi connectivity index (χ0) is 17.0. The molecule has 0 unspecified atom stereocenters. The van der Waals surface area contributed by atoms with E-state index in [0.29, 0.717) is 0 Å². The molecule has 2 nitrogen and oxygen atoms in total. The van der Waals surface area contributed by atoms with Crippen molar-refractivity contribution in [3.63, 3.8) is 0 Å². The van der Waals surface area contributed by atoms with Crippen LogP contribution in [0.2, 0.25) is 18.1 Å². The molecule has 3 heteroatoms. The highest BCUT2D eigenvalue weighted by atomic mass is 28.4. The molecule has 1 fully saturated rings. The van der Waals surface area contributed by atoms with Crippen molar-refractivity contribution in [1.29, 1.82) is 5.26 Å². The van der Waals surface area contributed by atoms with E-state index in [4.69, 9.17) is 10.8 Å². The van der Waals surface area contributed by atoms with Crippen LogP contribution in [0.3, 0.4) is 0 Å². The lowest BCUT2D eigenvalue weighted by molar-refractivity contribution is -0.0406. The Morgan fingerprint density at radius 3 is 2.09 bits per heavy atom. The summed E-state index contributed by atoms with van der Waals surface area (Å²) in [5.41, 5.74) is -0.521. The minimum Gasteiger partial charge on any atom is -0.396 e. The highest BCUT2D eigenvalue weighted by Gasteiger charge is 2.59. The molecule has 1 saturated carbocycles. The van der Waals surface area contributed by atoms with Crippen molar-refractivity contribution in [2.75, 3.05) is 0 Å². The normalized spacial score (nSPS) is 19.0. The van der Waals surface area contributed by atoms with Gasteiger partial charge in [-0.3, -0.25) is 0 Å². The fraction of sp³-hybridized carbons (Fsp3) is 0.550. The molecular weight excluding hydrogens is 298 g/mol. The fourth-order valence-corrected chi connectivity index (χ4v) is 6.68. The summed E-state index contributed by atoms with van der Waals surface area (Å²) >= 11 is 0. The van der Waals surface area contributed by atoms with Crippen LogP contribution in [0.15, 0.2) is 30.3 Å². The van der Waals surface area contributed by atoms with Crippen LogP contribution >= 0.6 is 0 Å². The summed E-state index contributed by atoms with van der Waals surface area (Å²) < 4.78 is 6.89. The smallest absolute Gasteiger partial charge is 0.194 e. The first kappa shape index (κ1) is 17.8. The Labute approximate surface area is 142 Å². The van der Waals surface area contributed by atoms with Crippen molar-refractivity contribution in [1.82, 2.24) is 0 Å². The first-order valence-electron chi connectivity index (χ1n) is 8.72. The van der Waals surface area contributed by atoms with Gasteiger partial charge in [-0.1, -0.05) is 57.0 Å². The number of rotatable bonds is 7. The van der Waals surface area contributed by atoms with E-state index >= 15 is 0 Å². The van der Waals surface area contributed by atoms with Gasteiger partial charge in [0.2, 0.25) is 0 Å². The summed E-state index contributed by atoms with van der Waals surface area (Å²) in [7, 11) is -1.96. The average molecular weight is 326 g/mol. The molecular formula is C20H27NOSi. The van der Waals surface area contributed by atoms with E-state index in [1.807, 2.05) is 30.3 Å². The first-order chi connectivity index (χ1) is 11.1. The summed E-state index contributed by atoms with van der Waals surface area (Å²) in [6.07, 6.45) is 8.77. The van der Waals surface area contributed by atoms with E-state index in [2.05, 4.69) is 32.8 Å². The second-order valence-corrected chi connectivity index (χ2v) is 11.3. The molecule has 1 atom stereocenters. The van der Waals surface area contributed by atoms with Crippen LogP contribution in [0, 0.1) is 29.1 Å². The summed E-state index contributed by atoms with van der Waals surface area (Å²) in [5, 5.41) is 9.97. The quantitative estimate of drug-likeness (QED) is 0.508. The van der Waals surface area contributed by atoms with Gasteiger partial charge in [0.05, 0.1) is 6.07 Å². The van der Waals surface area contributed by atoms with Crippen LogP contribution in [-0.2, 0) is 10.0 Å². The van der Waals surface area contributed by atoms with Gasteiger partial charge in [-0.15, -0.1) is 6.42 Å². The Hall–Kier alpha value is -1.55. The maximum Gasteiger partial charge on any atom is 0.194 e. The summed E-state index contributed by atoms with van der Waals surface area (Å²) in [4.78, 5) is 0. The molecule has 0 amide bonds. The van der Waals surface area contributed by atoms with Gasteiger partial charge in [-0.05, 0) is 43.0 Å². The molecule has 0 radical (unpaired) electrons. The predicted octanol–water partition coefficient (Wildman–Crippen LogP) is 5.23. The van der Waals surface area contributed by atoms with Gasteiger partial charge in [0.25, 0.3) is 0 Å². The van der Waals surface area contributed by atoms with Crippen LogP contribution in [0.1, 0.15) is 45.6 Å². The molecule has 0 N–H and O–H groups in total. The third-order valence-electron chi connectivity index (χ3n) is 5.78. The van der Waals surface area contributed by atoms with E-state index < -0.39 is 19.3 Å². The van der Waals surface area contributed by atoms with Crippen molar-refractivity contribution in [3.8, 4) is 18.4 Å². The Morgan fingerprint density at radius 1 is 1.17 bits per heavy atom. The third kappa shape index (κ3) is 2.73. The topological polar surface area (TPSA) is 33.0 Å². The van der Waals surface area contributed by atoms with E-state index in [-0.39, 0.29) is 0 Å². The number of nitriles is 1. The van der Waals surface area contributed by atoms with Crippen molar-refractivity contribution >= 4 is 8.32 Å². The Morgan fingerprint density at radius 2 is 1.74 bits per heavy atom. The fourth-order valence-electron chi connectivity index (χ4n) is 3.72. The lowest BCUT2D eigenvalue weighted by atomic mass is 9.58. The Bertz CT molecular complexity index is 597. The molecule has 1 aromatic carbocycles. The molecule has 1 aliphatic carbocycles. The molecule has 23 heavy (non-hydrogen) atoms. The van der Waals surface area contributed by atoms with Crippen molar-refractivity contribution in [2.24, 2.45) is 5.41 Å². The molecule has 0 saturated heterocycles. The first-order valence-corrected chi connectivity index (χ1v) is 11.2. The molecule has 1 aromatic rings. The Balaban J connectivity index is 2.61. The van der Waals surface area contributed by atoms with Gasteiger partial charge in [-0.25, -0.2) is 0 Å². The molecule has 1 aliphatic rings. The maximum absolute atomic E-state index is 9.97. The van der Waals surface area contributed by atoms with Gasteiger partial charge in [-0.2, -0.15) is 5.26 Å². The van der Waals surface area contributed by atoms with Gasteiger partial charge in [0.15, 0.2) is 13.9 Å². The van der Waals surface area contributed by atoms with Crippen LogP contribution in [0.25, 0.3) is 0 Å². The maximum atomic E-state index is 9.97. The minimum atomic E-state index is -1.96. The molecule has 0 aromatic heterocycles. The highest BCUT2D eigenvalue weighted by Crippen LogP contribution is 2.56. The molecule has 2 rings (SSSR count). The molecule has 0 aliphatic heterocycles. The van der Waals surface area contributed by atoms with Gasteiger partial charge >= 0.3 is 0 Å². The van der Waals surface area contributed by atoms with Crippen molar-refractivity contribution < 1.29 is 4.43 Å². The summed E-state index contributed by atoms with van der Waals surface area (Å²) in [6, 6.07) is 15.6. The van der Waals surface area contributed by atoms with E-state index in [1.165, 1.54) is 0 Å². The zero-order valence-corrected chi connectivity index (χ0v) is 15.6. The van der Waals surface area contributed by atoms with E-state index in [1.54, 1.807) is 0 Å². The SMILES string of the molecule is C#C[C@](O[Si](CC)(CC)CC)(c1ccccc1)C1(C#N)CCC1. The van der Waals surface area contributed by atoms with Crippen LogP contribution in [0.5, 0.6) is 0 Å². The number of benzene rings is 1. The summed E-state index contributed by atoms with van der Waals surface area (Å²) in [5.74, 6) is 2.97. The largest absolute Gasteiger partial charge is 0.396 e. The minimum absolute atomic E-state index is 0.582. The second-order valence-electron chi connectivity index (χ2n) is 6.58. The Kier molecular flexibility index (Phi) is 5.35. The lowest BCUT2D eigenvalue weighted by Gasteiger charge is -2.52. The van der Waals surface area contributed by atoms with Gasteiger partial charge < -0.3 is 4.43 Å². The summed E-state index contributed by atoms with van der Waals surface area (Å²) in [6.45, 7) is 6.60. The molecule has 122 valence electrons. The standard InChI is InChI=1S/C20H27NOSi/c1-5-20(18-13-10-9-11-14-18,19(17-21)15-12-16-19)22-23(6-2,7-3)8-4/h1,9-11,13-14H,6-8,12,15-16H2,2-4H3/t20-/m0/s1. The number of hydrogen-bond donors (Lipinski definition) is 0. The average Bonchev–Trinajstić information content (AvgIpc) is 2.58. The monoisotopic (exact) mass is 325 g/mol.